The summed E-state index contributed by atoms with van der Waals surface area (Å²) >= 11 is 3.79. The zero-order valence-electron chi connectivity index (χ0n) is 11.1. The second-order valence-electron chi connectivity index (χ2n) is 5.79. The highest BCUT2D eigenvalue weighted by Crippen LogP contribution is 2.29. The number of halogens is 1. The van der Waals surface area contributed by atoms with Gasteiger partial charge in [0.05, 0.1) is 0 Å². The minimum Gasteiger partial charge on any atom is -0.0885 e. The van der Waals surface area contributed by atoms with E-state index in [0.717, 1.165) is 6.42 Å². The number of rotatable bonds is 3. The third kappa shape index (κ3) is 3.93. The molecule has 1 heteroatoms. The van der Waals surface area contributed by atoms with Crippen LogP contribution in [0.25, 0.3) is 0 Å². The molecule has 0 amide bonds. The molecule has 0 saturated carbocycles. The predicted molar refractivity (Wildman–Crippen MR) is 76.4 cm³/mol. The normalized spacial score (nSPS) is 13.9. The maximum absolute atomic E-state index is 3.79. The summed E-state index contributed by atoms with van der Waals surface area (Å²) in [6, 6.07) is 6.80. The average Bonchev–Trinajstić information content (AvgIpc) is 2.18. The van der Waals surface area contributed by atoms with E-state index in [4.69, 9.17) is 0 Å². The molecular formula is C15H23Br. The molecule has 0 aliphatic carbocycles. The molecule has 1 atom stereocenters. The van der Waals surface area contributed by atoms with Gasteiger partial charge in [0.25, 0.3) is 0 Å². The van der Waals surface area contributed by atoms with E-state index in [-0.39, 0.29) is 0 Å². The fourth-order valence-corrected chi connectivity index (χ4v) is 1.91. The molecular weight excluding hydrogens is 260 g/mol. The van der Waals surface area contributed by atoms with Gasteiger partial charge in [-0.25, -0.2) is 0 Å². The lowest BCUT2D eigenvalue weighted by molar-refractivity contribution is 0.386. The second-order valence-corrected chi connectivity index (χ2v) is 6.90. The maximum Gasteiger partial charge on any atom is 0.0197 e. The molecule has 0 aliphatic rings. The van der Waals surface area contributed by atoms with Crippen molar-refractivity contribution in [3.63, 3.8) is 0 Å². The molecule has 16 heavy (non-hydrogen) atoms. The highest BCUT2D eigenvalue weighted by Gasteiger charge is 2.21. The molecule has 0 heterocycles. The summed E-state index contributed by atoms with van der Waals surface area (Å²) in [5, 5.41) is 0. The molecule has 0 spiro atoms. The van der Waals surface area contributed by atoms with Gasteiger partial charge in [0.1, 0.15) is 0 Å². The van der Waals surface area contributed by atoms with Gasteiger partial charge in [-0.3, -0.25) is 0 Å². The minimum absolute atomic E-state index is 0.347. The summed E-state index contributed by atoms with van der Waals surface area (Å²) in [6.07, 6.45) is 2.36. The molecule has 0 fully saturated rings. The van der Waals surface area contributed by atoms with Gasteiger partial charge in [0.15, 0.2) is 0 Å². The molecule has 0 aromatic heterocycles. The van der Waals surface area contributed by atoms with E-state index in [9.17, 15) is 0 Å². The van der Waals surface area contributed by atoms with Gasteiger partial charge >= 0.3 is 0 Å². The van der Waals surface area contributed by atoms with Crippen LogP contribution in [0, 0.1) is 19.3 Å². The first-order valence-corrected chi connectivity index (χ1v) is 6.92. The monoisotopic (exact) mass is 282 g/mol. The van der Waals surface area contributed by atoms with Crippen molar-refractivity contribution in [1.82, 2.24) is 0 Å². The summed E-state index contributed by atoms with van der Waals surface area (Å²) in [4.78, 5) is 0.585. The Kier molecular flexibility index (Phi) is 4.61. The van der Waals surface area contributed by atoms with Gasteiger partial charge < -0.3 is 0 Å². The van der Waals surface area contributed by atoms with E-state index in [1.807, 2.05) is 0 Å². The van der Waals surface area contributed by atoms with Crippen molar-refractivity contribution in [2.24, 2.45) is 5.41 Å². The van der Waals surface area contributed by atoms with Gasteiger partial charge in [-0.15, -0.1) is 0 Å². The fraction of sp³-hybridized carbons (Fsp3) is 0.600. The van der Waals surface area contributed by atoms with Gasteiger partial charge in [-0.2, -0.15) is 0 Å². The van der Waals surface area contributed by atoms with Crippen molar-refractivity contribution in [1.29, 1.82) is 0 Å². The first kappa shape index (κ1) is 13.8. The standard InChI is InChI=1S/C15H23Br/c1-11-6-7-13(10-12(11)2)8-9-14(16)15(3,4)5/h6-7,10,14H,8-9H2,1-5H3. The number of hydrogen-bond donors (Lipinski definition) is 0. The zero-order valence-corrected chi connectivity index (χ0v) is 12.7. The van der Waals surface area contributed by atoms with Gasteiger partial charge in [-0.05, 0) is 48.8 Å². The highest BCUT2D eigenvalue weighted by molar-refractivity contribution is 9.09. The topological polar surface area (TPSA) is 0 Å². The van der Waals surface area contributed by atoms with E-state index < -0.39 is 0 Å². The Labute approximate surface area is 109 Å². The molecule has 1 rings (SSSR count). The number of benzene rings is 1. The Bertz CT molecular complexity index is 347. The molecule has 1 aromatic carbocycles. The number of aryl methyl sites for hydroxylation is 3. The largest absolute Gasteiger partial charge is 0.0885 e. The van der Waals surface area contributed by atoms with Crippen molar-refractivity contribution in [3.8, 4) is 0 Å². The Hall–Kier alpha value is -0.300. The van der Waals surface area contributed by atoms with E-state index in [2.05, 4.69) is 68.7 Å². The van der Waals surface area contributed by atoms with Gasteiger partial charge in [-0.1, -0.05) is 54.9 Å². The van der Waals surface area contributed by atoms with Crippen LogP contribution in [0.3, 0.4) is 0 Å². The van der Waals surface area contributed by atoms with E-state index in [1.165, 1.54) is 23.1 Å². The molecule has 0 bridgehead atoms. The van der Waals surface area contributed by atoms with Crippen LogP contribution >= 0.6 is 15.9 Å². The van der Waals surface area contributed by atoms with Crippen molar-refractivity contribution in [3.05, 3.63) is 34.9 Å². The maximum atomic E-state index is 3.79. The second kappa shape index (κ2) is 5.35. The van der Waals surface area contributed by atoms with E-state index >= 15 is 0 Å². The Balaban J connectivity index is 2.58. The van der Waals surface area contributed by atoms with Crippen molar-refractivity contribution >= 4 is 15.9 Å². The highest BCUT2D eigenvalue weighted by atomic mass is 79.9. The van der Waals surface area contributed by atoms with Crippen LogP contribution in [0.2, 0.25) is 0 Å². The summed E-state index contributed by atoms with van der Waals surface area (Å²) < 4.78 is 0. The van der Waals surface area contributed by atoms with Crippen LogP contribution in [0.5, 0.6) is 0 Å². The lowest BCUT2D eigenvalue weighted by Gasteiger charge is -2.25. The molecule has 0 N–H and O–H groups in total. The molecule has 0 nitrogen and oxygen atoms in total. The Morgan fingerprint density at radius 2 is 1.75 bits per heavy atom. The summed E-state index contributed by atoms with van der Waals surface area (Å²) in [5.41, 5.74) is 4.59. The Morgan fingerprint density at radius 3 is 2.25 bits per heavy atom. The van der Waals surface area contributed by atoms with Crippen molar-refractivity contribution < 1.29 is 0 Å². The molecule has 1 aromatic rings. The minimum atomic E-state index is 0.347. The molecule has 1 unspecified atom stereocenters. The van der Waals surface area contributed by atoms with Crippen LogP contribution < -0.4 is 0 Å². The van der Waals surface area contributed by atoms with Crippen molar-refractivity contribution in [2.75, 3.05) is 0 Å². The SMILES string of the molecule is Cc1ccc(CCC(Br)C(C)(C)C)cc1C. The first-order valence-electron chi connectivity index (χ1n) is 6.01. The average molecular weight is 283 g/mol. The lowest BCUT2D eigenvalue weighted by atomic mass is 9.88. The number of alkyl halides is 1. The van der Waals surface area contributed by atoms with Crippen LogP contribution in [-0.4, -0.2) is 4.83 Å². The van der Waals surface area contributed by atoms with Gasteiger partial charge in [0.2, 0.25) is 0 Å². The fourth-order valence-electron chi connectivity index (χ4n) is 1.69. The summed E-state index contributed by atoms with van der Waals surface area (Å²) in [7, 11) is 0. The molecule has 0 radical (unpaired) electrons. The third-order valence-corrected chi connectivity index (χ3v) is 5.03. The summed E-state index contributed by atoms with van der Waals surface area (Å²) in [5.74, 6) is 0. The predicted octanol–water partition coefficient (Wildman–Crippen LogP) is 5.05. The number of hydrogen-bond acceptors (Lipinski definition) is 0. The molecule has 0 saturated heterocycles. The van der Waals surface area contributed by atoms with Gasteiger partial charge in [0, 0.05) is 4.83 Å². The lowest BCUT2D eigenvalue weighted by Crippen LogP contribution is -2.20. The molecule has 90 valence electrons. The quantitative estimate of drug-likeness (QED) is 0.681. The van der Waals surface area contributed by atoms with Crippen LogP contribution in [0.1, 0.15) is 43.9 Å². The Morgan fingerprint density at radius 1 is 1.12 bits per heavy atom. The van der Waals surface area contributed by atoms with Crippen LogP contribution in [0.4, 0.5) is 0 Å². The van der Waals surface area contributed by atoms with E-state index in [1.54, 1.807) is 0 Å². The first-order chi connectivity index (χ1) is 7.30. The smallest absolute Gasteiger partial charge is 0.0197 e. The summed E-state index contributed by atoms with van der Waals surface area (Å²) in [6.45, 7) is 11.2. The van der Waals surface area contributed by atoms with Crippen molar-refractivity contribution in [2.45, 2.75) is 52.3 Å². The van der Waals surface area contributed by atoms with Crippen LogP contribution in [0.15, 0.2) is 18.2 Å². The van der Waals surface area contributed by atoms with Crippen LogP contribution in [-0.2, 0) is 6.42 Å². The third-order valence-electron chi connectivity index (χ3n) is 3.20. The molecule has 0 aliphatic heterocycles. The zero-order chi connectivity index (χ0) is 12.3. The van der Waals surface area contributed by atoms with E-state index in [0.29, 0.717) is 10.2 Å².